The first-order valence-electron chi connectivity index (χ1n) is 5.81. The van der Waals surface area contributed by atoms with Gasteiger partial charge in [0.15, 0.2) is 0 Å². The third-order valence-electron chi connectivity index (χ3n) is 2.55. The van der Waals surface area contributed by atoms with Gasteiger partial charge >= 0.3 is 0 Å². The van der Waals surface area contributed by atoms with Gasteiger partial charge in [0.2, 0.25) is 0 Å². The number of hydrogen-bond acceptors (Lipinski definition) is 4. The molecule has 0 atom stereocenters. The van der Waals surface area contributed by atoms with Gasteiger partial charge in [-0.2, -0.15) is 5.10 Å². The van der Waals surface area contributed by atoms with E-state index in [0.717, 1.165) is 10.6 Å². The smallest absolute Gasteiger partial charge is 0.271 e. The number of hydrogen-bond donors (Lipinski definition) is 1. The second-order valence-corrected chi connectivity index (χ2v) is 5.14. The van der Waals surface area contributed by atoms with Crippen LogP contribution in [0.4, 0.5) is 5.69 Å². The van der Waals surface area contributed by atoms with Gasteiger partial charge in [0.25, 0.3) is 5.91 Å². The van der Waals surface area contributed by atoms with Crippen LogP contribution in [0.1, 0.15) is 15.2 Å². The van der Waals surface area contributed by atoms with E-state index in [2.05, 4.69) is 10.5 Å². The minimum Gasteiger partial charge on any atom is -0.378 e. The van der Waals surface area contributed by atoms with Crippen molar-refractivity contribution in [2.75, 3.05) is 19.0 Å². The highest BCUT2D eigenvalue weighted by atomic mass is 32.1. The van der Waals surface area contributed by atoms with Crippen molar-refractivity contribution in [2.45, 2.75) is 0 Å². The summed E-state index contributed by atoms with van der Waals surface area (Å²) in [6.45, 7) is 0. The predicted octanol–water partition coefficient (Wildman–Crippen LogP) is 2.58. The lowest BCUT2D eigenvalue weighted by atomic mass is 10.2. The number of carbonyl (C=O) groups excluding carboxylic acids is 1. The summed E-state index contributed by atoms with van der Waals surface area (Å²) in [5.41, 5.74) is 4.16. The molecule has 0 spiro atoms. The molecule has 0 saturated carbocycles. The SMILES string of the molecule is CN(C)c1ccc(C(=O)NN=Cc2cccs2)cc1. The van der Waals surface area contributed by atoms with E-state index in [-0.39, 0.29) is 5.91 Å². The Morgan fingerprint density at radius 3 is 2.58 bits per heavy atom. The Balaban J connectivity index is 1.96. The first-order chi connectivity index (χ1) is 9.16. The van der Waals surface area contributed by atoms with Gasteiger partial charge in [0.05, 0.1) is 6.21 Å². The fourth-order valence-corrected chi connectivity index (χ4v) is 2.08. The van der Waals surface area contributed by atoms with E-state index >= 15 is 0 Å². The molecule has 0 radical (unpaired) electrons. The van der Waals surface area contributed by atoms with Crippen LogP contribution >= 0.6 is 11.3 Å². The molecule has 0 aliphatic rings. The van der Waals surface area contributed by atoms with E-state index < -0.39 is 0 Å². The zero-order valence-electron chi connectivity index (χ0n) is 10.8. The van der Waals surface area contributed by atoms with Crippen molar-refractivity contribution in [2.24, 2.45) is 5.10 Å². The number of benzene rings is 1. The summed E-state index contributed by atoms with van der Waals surface area (Å²) in [4.78, 5) is 14.8. The molecule has 2 aromatic rings. The van der Waals surface area contributed by atoms with Crippen LogP contribution in [0.2, 0.25) is 0 Å². The Hall–Kier alpha value is -2.14. The van der Waals surface area contributed by atoms with Crippen molar-refractivity contribution < 1.29 is 4.79 Å². The summed E-state index contributed by atoms with van der Waals surface area (Å²) in [6, 6.07) is 11.2. The predicted molar refractivity (Wildman–Crippen MR) is 80.1 cm³/mol. The summed E-state index contributed by atoms with van der Waals surface area (Å²) < 4.78 is 0. The number of nitrogens with zero attached hydrogens (tertiary/aromatic N) is 2. The molecule has 1 aromatic carbocycles. The molecular weight excluding hydrogens is 258 g/mol. The van der Waals surface area contributed by atoms with Gasteiger partial charge in [-0.3, -0.25) is 4.79 Å². The van der Waals surface area contributed by atoms with Crippen molar-refractivity contribution in [1.29, 1.82) is 0 Å². The first-order valence-corrected chi connectivity index (χ1v) is 6.69. The van der Waals surface area contributed by atoms with Gasteiger partial charge in [-0.1, -0.05) is 6.07 Å². The molecule has 5 heteroatoms. The van der Waals surface area contributed by atoms with E-state index in [1.807, 2.05) is 48.6 Å². The standard InChI is InChI=1S/C14H15N3OS/c1-17(2)12-7-5-11(6-8-12)14(18)16-15-10-13-4-3-9-19-13/h3-10H,1-2H3,(H,16,18). The summed E-state index contributed by atoms with van der Waals surface area (Å²) in [7, 11) is 3.92. The molecule has 0 bridgehead atoms. The van der Waals surface area contributed by atoms with Crippen LogP contribution in [0.3, 0.4) is 0 Å². The number of anilines is 1. The third kappa shape index (κ3) is 3.66. The minimum absolute atomic E-state index is 0.210. The maximum atomic E-state index is 11.8. The largest absolute Gasteiger partial charge is 0.378 e. The highest BCUT2D eigenvalue weighted by Gasteiger charge is 2.04. The molecule has 1 heterocycles. The molecule has 1 amide bonds. The quantitative estimate of drug-likeness (QED) is 0.687. The highest BCUT2D eigenvalue weighted by molar-refractivity contribution is 7.11. The third-order valence-corrected chi connectivity index (χ3v) is 3.35. The van der Waals surface area contributed by atoms with E-state index in [4.69, 9.17) is 0 Å². The van der Waals surface area contributed by atoms with E-state index in [1.165, 1.54) is 0 Å². The maximum Gasteiger partial charge on any atom is 0.271 e. The second-order valence-electron chi connectivity index (χ2n) is 4.16. The fraction of sp³-hybridized carbons (Fsp3) is 0.143. The minimum atomic E-state index is -0.210. The zero-order chi connectivity index (χ0) is 13.7. The Bertz CT molecular complexity index is 559. The molecule has 0 saturated heterocycles. The summed E-state index contributed by atoms with van der Waals surface area (Å²) >= 11 is 1.57. The lowest BCUT2D eigenvalue weighted by Gasteiger charge is -2.12. The van der Waals surface area contributed by atoms with Gasteiger partial charge < -0.3 is 4.90 Å². The molecule has 19 heavy (non-hydrogen) atoms. The van der Waals surface area contributed by atoms with Gasteiger partial charge in [0.1, 0.15) is 0 Å². The Kier molecular flexibility index (Phi) is 4.30. The molecule has 4 nitrogen and oxygen atoms in total. The number of carbonyl (C=O) groups is 1. The average molecular weight is 273 g/mol. The molecule has 0 aliphatic carbocycles. The summed E-state index contributed by atoms with van der Waals surface area (Å²) in [6.07, 6.45) is 1.64. The van der Waals surface area contributed by atoms with Crippen LogP contribution in [0.15, 0.2) is 46.9 Å². The number of hydrazone groups is 1. The van der Waals surface area contributed by atoms with Crippen LogP contribution in [0, 0.1) is 0 Å². The lowest BCUT2D eigenvalue weighted by Crippen LogP contribution is -2.17. The first kappa shape index (κ1) is 13.3. The Labute approximate surface area is 116 Å². The summed E-state index contributed by atoms with van der Waals surface area (Å²) in [5.74, 6) is -0.210. The highest BCUT2D eigenvalue weighted by Crippen LogP contribution is 2.12. The zero-order valence-corrected chi connectivity index (χ0v) is 11.6. The molecular formula is C14H15N3OS. The fourth-order valence-electron chi connectivity index (χ4n) is 1.49. The molecule has 98 valence electrons. The van der Waals surface area contributed by atoms with Crippen LogP contribution in [-0.4, -0.2) is 26.2 Å². The van der Waals surface area contributed by atoms with Gasteiger partial charge in [0, 0.05) is 30.2 Å². The van der Waals surface area contributed by atoms with Crippen LogP contribution in [0.5, 0.6) is 0 Å². The van der Waals surface area contributed by atoms with Gasteiger partial charge in [-0.25, -0.2) is 5.43 Å². The monoisotopic (exact) mass is 273 g/mol. The molecule has 1 N–H and O–H groups in total. The van der Waals surface area contributed by atoms with Crippen molar-refractivity contribution in [3.05, 3.63) is 52.2 Å². The normalized spacial score (nSPS) is 10.6. The van der Waals surface area contributed by atoms with Gasteiger partial charge in [-0.15, -0.1) is 11.3 Å². The van der Waals surface area contributed by atoms with E-state index in [1.54, 1.807) is 29.7 Å². The molecule has 0 unspecified atom stereocenters. The maximum absolute atomic E-state index is 11.8. The van der Waals surface area contributed by atoms with E-state index in [0.29, 0.717) is 5.56 Å². The average Bonchev–Trinajstić information content (AvgIpc) is 2.92. The number of thiophene rings is 1. The van der Waals surface area contributed by atoms with Crippen molar-refractivity contribution in [1.82, 2.24) is 5.43 Å². The molecule has 0 aliphatic heterocycles. The molecule has 0 fully saturated rings. The lowest BCUT2D eigenvalue weighted by molar-refractivity contribution is 0.0955. The van der Waals surface area contributed by atoms with Gasteiger partial charge in [-0.05, 0) is 35.7 Å². The topological polar surface area (TPSA) is 44.7 Å². The molecule has 1 aromatic heterocycles. The Morgan fingerprint density at radius 2 is 2.00 bits per heavy atom. The summed E-state index contributed by atoms with van der Waals surface area (Å²) in [5, 5.41) is 5.88. The second kappa shape index (κ2) is 6.15. The number of rotatable bonds is 4. The number of amides is 1. The molecule has 2 rings (SSSR count). The van der Waals surface area contributed by atoms with Crippen LogP contribution < -0.4 is 10.3 Å². The van der Waals surface area contributed by atoms with Crippen molar-refractivity contribution in [3.8, 4) is 0 Å². The Morgan fingerprint density at radius 1 is 1.26 bits per heavy atom. The van der Waals surface area contributed by atoms with Crippen molar-refractivity contribution in [3.63, 3.8) is 0 Å². The van der Waals surface area contributed by atoms with Crippen LogP contribution in [-0.2, 0) is 0 Å². The van der Waals surface area contributed by atoms with E-state index in [9.17, 15) is 4.79 Å². The number of nitrogens with one attached hydrogen (secondary N) is 1. The van der Waals surface area contributed by atoms with Crippen molar-refractivity contribution >= 4 is 29.1 Å². The van der Waals surface area contributed by atoms with Crippen LogP contribution in [0.25, 0.3) is 0 Å².